The summed E-state index contributed by atoms with van der Waals surface area (Å²) >= 11 is 4.97. The van der Waals surface area contributed by atoms with E-state index in [0.717, 1.165) is 10.6 Å². The van der Waals surface area contributed by atoms with Crippen LogP contribution in [-0.4, -0.2) is 20.7 Å². The third-order valence-corrected chi connectivity index (χ3v) is 6.63. The fourth-order valence-electron chi connectivity index (χ4n) is 2.24. The molecule has 2 aromatic rings. The minimum Gasteiger partial charge on any atom is -0.398 e. The van der Waals surface area contributed by atoms with Gasteiger partial charge in [-0.2, -0.15) is 0 Å². The number of para-hydroxylation sites is 1. The zero-order chi connectivity index (χ0) is 15.0. The molecule has 0 bridgehead atoms. The van der Waals surface area contributed by atoms with Crippen LogP contribution in [0.2, 0.25) is 0 Å². The molecule has 110 valence electrons. The van der Waals surface area contributed by atoms with Crippen molar-refractivity contribution < 1.29 is 8.42 Å². The van der Waals surface area contributed by atoms with Crippen molar-refractivity contribution in [2.24, 2.45) is 0 Å². The molecule has 21 heavy (non-hydrogen) atoms. The predicted molar refractivity (Wildman–Crippen MR) is 90.3 cm³/mol. The largest absolute Gasteiger partial charge is 0.398 e. The van der Waals surface area contributed by atoms with E-state index in [0.29, 0.717) is 16.7 Å². The van der Waals surface area contributed by atoms with Crippen LogP contribution >= 0.6 is 27.7 Å². The fourth-order valence-corrected chi connectivity index (χ4v) is 5.55. The van der Waals surface area contributed by atoms with Crippen LogP contribution in [0.4, 0.5) is 11.4 Å². The Kier molecular flexibility index (Phi) is 3.90. The van der Waals surface area contributed by atoms with Crippen LogP contribution in [0.25, 0.3) is 0 Å². The second kappa shape index (κ2) is 5.55. The number of hydrogen-bond acceptors (Lipinski definition) is 4. The summed E-state index contributed by atoms with van der Waals surface area (Å²) in [6, 6.07) is 12.4. The van der Waals surface area contributed by atoms with Crippen LogP contribution in [0.5, 0.6) is 0 Å². The van der Waals surface area contributed by atoms with Gasteiger partial charge in [0.2, 0.25) is 0 Å². The first kappa shape index (κ1) is 14.7. The summed E-state index contributed by atoms with van der Waals surface area (Å²) in [6.45, 7) is 0.440. The van der Waals surface area contributed by atoms with E-state index in [9.17, 15) is 8.42 Å². The first-order chi connectivity index (χ1) is 10.00. The Hall–Kier alpha value is -1.18. The molecule has 2 N–H and O–H groups in total. The number of nitrogens with zero attached hydrogens (tertiary/aromatic N) is 1. The molecule has 1 aliphatic rings. The summed E-state index contributed by atoms with van der Waals surface area (Å²) in [5.41, 5.74) is 6.84. The third-order valence-electron chi connectivity index (χ3n) is 3.23. The zero-order valence-corrected chi connectivity index (χ0v) is 14.2. The summed E-state index contributed by atoms with van der Waals surface area (Å²) < 4.78 is 28.0. The smallest absolute Gasteiger partial charge is 0.266 e. The second-order valence-electron chi connectivity index (χ2n) is 4.58. The fraction of sp³-hybridized carbons (Fsp3) is 0.143. The summed E-state index contributed by atoms with van der Waals surface area (Å²) in [5, 5.41) is 0. The molecule has 0 radical (unpaired) electrons. The normalized spacial score (nSPS) is 14.8. The van der Waals surface area contributed by atoms with Crippen molar-refractivity contribution in [3.63, 3.8) is 0 Å². The third kappa shape index (κ3) is 2.65. The highest BCUT2D eigenvalue weighted by molar-refractivity contribution is 9.10. The SMILES string of the molecule is Nc1ccc(Br)cc1S(=O)(=O)N1CCSc2ccccc21. The number of rotatable bonds is 2. The Labute approximate surface area is 136 Å². The van der Waals surface area contributed by atoms with Crippen LogP contribution < -0.4 is 10.0 Å². The van der Waals surface area contributed by atoms with Crippen LogP contribution in [0, 0.1) is 0 Å². The molecular formula is C14H13BrN2O2S2. The second-order valence-corrected chi connectivity index (χ2v) is 8.46. The quantitative estimate of drug-likeness (QED) is 0.806. The first-order valence-electron chi connectivity index (χ1n) is 6.30. The Morgan fingerprint density at radius 2 is 1.95 bits per heavy atom. The maximum absolute atomic E-state index is 12.9. The molecule has 0 saturated carbocycles. The summed E-state index contributed by atoms with van der Waals surface area (Å²) in [4.78, 5) is 1.11. The maximum atomic E-state index is 12.9. The lowest BCUT2D eigenvalue weighted by Crippen LogP contribution is -2.35. The van der Waals surface area contributed by atoms with E-state index in [-0.39, 0.29) is 10.6 Å². The molecule has 1 heterocycles. The van der Waals surface area contributed by atoms with E-state index in [2.05, 4.69) is 15.9 Å². The van der Waals surface area contributed by atoms with Gasteiger partial charge in [0, 0.05) is 21.7 Å². The van der Waals surface area contributed by atoms with Gasteiger partial charge < -0.3 is 5.73 Å². The van der Waals surface area contributed by atoms with E-state index in [4.69, 9.17) is 5.73 Å². The van der Waals surface area contributed by atoms with Crippen molar-refractivity contribution in [3.05, 3.63) is 46.9 Å². The van der Waals surface area contributed by atoms with E-state index >= 15 is 0 Å². The summed E-state index contributed by atoms with van der Waals surface area (Å²) in [7, 11) is -3.66. The zero-order valence-electron chi connectivity index (χ0n) is 11.0. The van der Waals surface area contributed by atoms with Crippen LogP contribution in [0.1, 0.15) is 0 Å². The summed E-state index contributed by atoms with van der Waals surface area (Å²) in [6.07, 6.45) is 0. The predicted octanol–water partition coefficient (Wildman–Crippen LogP) is 3.33. The Morgan fingerprint density at radius 1 is 1.19 bits per heavy atom. The number of anilines is 2. The molecule has 0 aromatic heterocycles. The van der Waals surface area contributed by atoms with Gasteiger partial charge >= 0.3 is 0 Å². The monoisotopic (exact) mass is 384 g/mol. The molecule has 2 aromatic carbocycles. The molecule has 0 saturated heterocycles. The Morgan fingerprint density at radius 3 is 2.76 bits per heavy atom. The molecular weight excluding hydrogens is 372 g/mol. The Balaban J connectivity index is 2.14. The lowest BCUT2D eigenvalue weighted by molar-refractivity contribution is 0.592. The number of thioether (sulfide) groups is 1. The molecule has 0 atom stereocenters. The van der Waals surface area contributed by atoms with Gasteiger partial charge in [-0.3, -0.25) is 4.31 Å². The molecule has 0 aliphatic carbocycles. The van der Waals surface area contributed by atoms with Crippen molar-refractivity contribution in [2.75, 3.05) is 22.3 Å². The highest BCUT2D eigenvalue weighted by Crippen LogP contribution is 2.38. The van der Waals surface area contributed by atoms with Crippen molar-refractivity contribution >= 4 is 49.1 Å². The van der Waals surface area contributed by atoms with Crippen molar-refractivity contribution in [2.45, 2.75) is 9.79 Å². The number of nitrogens with two attached hydrogens (primary N) is 1. The minimum absolute atomic E-state index is 0.138. The lowest BCUT2D eigenvalue weighted by Gasteiger charge is -2.30. The lowest BCUT2D eigenvalue weighted by atomic mass is 10.3. The van der Waals surface area contributed by atoms with Gasteiger partial charge in [0.25, 0.3) is 10.0 Å². The van der Waals surface area contributed by atoms with Crippen LogP contribution in [0.3, 0.4) is 0 Å². The van der Waals surface area contributed by atoms with E-state index in [1.807, 2.05) is 24.3 Å². The van der Waals surface area contributed by atoms with Gasteiger partial charge in [-0.15, -0.1) is 11.8 Å². The Bertz CT molecular complexity index is 793. The first-order valence-corrected chi connectivity index (χ1v) is 9.51. The molecule has 0 fully saturated rings. The topological polar surface area (TPSA) is 63.4 Å². The molecule has 1 aliphatic heterocycles. The van der Waals surface area contributed by atoms with Crippen molar-refractivity contribution in [1.82, 2.24) is 0 Å². The average Bonchev–Trinajstić information content (AvgIpc) is 2.49. The van der Waals surface area contributed by atoms with Crippen molar-refractivity contribution in [1.29, 1.82) is 0 Å². The number of hydrogen-bond donors (Lipinski definition) is 1. The molecule has 4 nitrogen and oxygen atoms in total. The number of sulfonamides is 1. The highest BCUT2D eigenvalue weighted by Gasteiger charge is 2.30. The number of benzene rings is 2. The summed E-state index contributed by atoms with van der Waals surface area (Å²) in [5.74, 6) is 0.726. The molecule has 0 unspecified atom stereocenters. The number of fused-ring (bicyclic) bond motifs is 1. The molecule has 0 amide bonds. The van der Waals surface area contributed by atoms with Gasteiger partial charge in [0.15, 0.2) is 0 Å². The molecule has 0 spiro atoms. The molecule has 7 heteroatoms. The van der Waals surface area contributed by atoms with Crippen molar-refractivity contribution in [3.8, 4) is 0 Å². The minimum atomic E-state index is -3.66. The van der Waals surface area contributed by atoms with Gasteiger partial charge in [-0.25, -0.2) is 8.42 Å². The van der Waals surface area contributed by atoms with Gasteiger partial charge in [0.1, 0.15) is 4.90 Å². The van der Waals surface area contributed by atoms with Gasteiger partial charge in [0.05, 0.1) is 11.4 Å². The average molecular weight is 385 g/mol. The molecule has 3 rings (SSSR count). The van der Waals surface area contributed by atoms with E-state index in [1.54, 1.807) is 30.0 Å². The standard InChI is InChI=1S/C14H13BrN2O2S2/c15-10-5-6-11(16)14(9-10)21(18,19)17-7-8-20-13-4-2-1-3-12(13)17/h1-6,9H,7-8,16H2. The van der Waals surface area contributed by atoms with E-state index < -0.39 is 10.0 Å². The number of nitrogen functional groups attached to an aromatic ring is 1. The van der Waals surface area contributed by atoms with E-state index in [1.165, 1.54) is 4.31 Å². The maximum Gasteiger partial charge on any atom is 0.266 e. The van der Waals surface area contributed by atoms with Gasteiger partial charge in [-0.05, 0) is 30.3 Å². The van der Waals surface area contributed by atoms with Crippen LogP contribution in [-0.2, 0) is 10.0 Å². The van der Waals surface area contributed by atoms with Gasteiger partial charge in [-0.1, -0.05) is 28.1 Å². The highest BCUT2D eigenvalue weighted by atomic mass is 79.9. The van der Waals surface area contributed by atoms with Crippen LogP contribution in [0.15, 0.2) is 56.7 Å². The number of halogens is 1.